The second-order valence-corrected chi connectivity index (χ2v) is 8.41. The van der Waals surface area contributed by atoms with Gasteiger partial charge in [0.05, 0.1) is 5.02 Å². The number of amides is 4. The molecule has 1 saturated heterocycles. The normalized spacial score (nSPS) is 18.9. The number of carbonyl (C=O) groups excluding carboxylic acids is 4. The van der Waals surface area contributed by atoms with Crippen molar-refractivity contribution in [2.24, 2.45) is 0 Å². The molecule has 1 fully saturated rings. The number of benzene rings is 2. The average Bonchev–Trinajstić information content (AvgIpc) is 3.07. The van der Waals surface area contributed by atoms with E-state index in [1.165, 1.54) is 17.0 Å². The predicted octanol–water partition coefficient (Wildman–Crippen LogP) is 3.41. The second-order valence-electron chi connectivity index (χ2n) is 8.00. The zero-order valence-corrected chi connectivity index (χ0v) is 18.3. The van der Waals surface area contributed by atoms with E-state index in [9.17, 15) is 41.1 Å². The number of nitrogens with one attached hydrogen (secondary N) is 2. The fraction of sp³-hybridized carbons (Fsp3) is 0.273. The molecule has 0 bridgehead atoms. The van der Waals surface area contributed by atoms with Gasteiger partial charge in [-0.3, -0.25) is 24.5 Å². The number of hydrogen-bond acceptors (Lipinski definition) is 4. The monoisotopic (exact) mass is 515 g/mol. The Morgan fingerprint density at radius 2 is 1.86 bits per heavy atom. The molecule has 13 heteroatoms. The van der Waals surface area contributed by atoms with Crippen molar-refractivity contribution >= 4 is 35.2 Å². The Balaban J connectivity index is 1.59. The summed E-state index contributed by atoms with van der Waals surface area (Å²) in [5.74, 6) is -5.67. The summed E-state index contributed by atoms with van der Waals surface area (Å²) in [6.07, 6.45) is -5.03. The number of piperidine rings is 1. The molecule has 0 aliphatic carbocycles. The molecule has 2 aromatic rings. The van der Waals surface area contributed by atoms with E-state index in [-0.39, 0.29) is 42.1 Å². The van der Waals surface area contributed by atoms with E-state index in [1.807, 2.05) is 0 Å². The lowest BCUT2D eigenvalue weighted by Crippen LogP contribution is -2.52. The van der Waals surface area contributed by atoms with Crippen molar-refractivity contribution in [1.82, 2.24) is 15.5 Å². The Bertz CT molecular complexity index is 1240. The Morgan fingerprint density at radius 1 is 1.14 bits per heavy atom. The van der Waals surface area contributed by atoms with Crippen LogP contribution in [0.2, 0.25) is 5.02 Å². The summed E-state index contributed by atoms with van der Waals surface area (Å²) < 4.78 is 68.5. The molecule has 0 aromatic heterocycles. The Morgan fingerprint density at radius 3 is 2.49 bits per heavy atom. The van der Waals surface area contributed by atoms with Crippen molar-refractivity contribution in [2.75, 3.05) is 0 Å². The first-order chi connectivity index (χ1) is 16.4. The van der Waals surface area contributed by atoms with Gasteiger partial charge in [0.25, 0.3) is 11.8 Å². The zero-order valence-electron chi connectivity index (χ0n) is 17.5. The number of nitrogens with zero attached hydrogens (tertiary/aromatic N) is 1. The fourth-order valence-corrected chi connectivity index (χ4v) is 4.38. The number of halogens is 6. The predicted molar refractivity (Wildman–Crippen MR) is 110 cm³/mol. The van der Waals surface area contributed by atoms with Gasteiger partial charge in [0.1, 0.15) is 17.7 Å². The second kappa shape index (κ2) is 8.91. The van der Waals surface area contributed by atoms with E-state index in [0.717, 1.165) is 6.07 Å². The number of fused-ring (bicyclic) bond motifs is 1. The zero-order chi connectivity index (χ0) is 25.7. The highest BCUT2D eigenvalue weighted by Gasteiger charge is 2.45. The maximum atomic E-state index is 14.2. The quantitative estimate of drug-likeness (QED) is 0.482. The van der Waals surface area contributed by atoms with E-state index < -0.39 is 64.1 Å². The van der Waals surface area contributed by atoms with Crippen LogP contribution in [0.4, 0.5) is 22.0 Å². The minimum Gasteiger partial charge on any atom is -0.337 e. The van der Waals surface area contributed by atoms with Crippen LogP contribution in [0.1, 0.15) is 50.7 Å². The van der Waals surface area contributed by atoms with Crippen LogP contribution in [0.15, 0.2) is 30.3 Å². The van der Waals surface area contributed by atoms with E-state index in [0.29, 0.717) is 6.07 Å². The van der Waals surface area contributed by atoms with E-state index in [2.05, 4.69) is 5.32 Å². The summed E-state index contributed by atoms with van der Waals surface area (Å²) in [6.45, 7) is -0.108. The Kier molecular flexibility index (Phi) is 6.26. The molecule has 35 heavy (non-hydrogen) atoms. The molecule has 0 radical (unpaired) electrons. The summed E-state index contributed by atoms with van der Waals surface area (Å²) >= 11 is 5.64. The summed E-state index contributed by atoms with van der Waals surface area (Å²) in [4.78, 5) is 50.1. The van der Waals surface area contributed by atoms with Crippen molar-refractivity contribution in [1.29, 1.82) is 0 Å². The molecule has 4 rings (SSSR count). The molecule has 184 valence electrons. The third kappa shape index (κ3) is 4.70. The average molecular weight is 516 g/mol. The van der Waals surface area contributed by atoms with Crippen molar-refractivity contribution in [3.63, 3.8) is 0 Å². The summed E-state index contributed by atoms with van der Waals surface area (Å²) in [7, 11) is 0. The third-order valence-corrected chi connectivity index (χ3v) is 6.03. The fourth-order valence-electron chi connectivity index (χ4n) is 4.08. The SMILES string of the molecule is O=C1CC[C@@H](N2Cc3cc(C(=O)N[C@H](c4c(F)cc(F)cc4Cl)C(F)(F)F)ccc3C2=O)C(=O)N1. The molecular weight excluding hydrogens is 501 g/mol. The maximum Gasteiger partial charge on any atom is 0.413 e. The van der Waals surface area contributed by atoms with E-state index >= 15 is 0 Å². The van der Waals surface area contributed by atoms with Crippen LogP contribution >= 0.6 is 11.6 Å². The van der Waals surface area contributed by atoms with E-state index in [1.54, 1.807) is 5.32 Å². The highest BCUT2D eigenvalue weighted by atomic mass is 35.5. The van der Waals surface area contributed by atoms with Gasteiger partial charge in [-0.2, -0.15) is 13.2 Å². The highest BCUT2D eigenvalue weighted by Crippen LogP contribution is 2.38. The summed E-state index contributed by atoms with van der Waals surface area (Å²) in [6, 6.07) is 0.445. The molecule has 2 atom stereocenters. The standard InChI is InChI=1S/C22H15ClF5N3O4/c23-13-6-11(24)7-14(25)17(13)18(22(26,27)28)30-19(33)9-1-2-12-10(5-9)8-31(21(12)35)15-3-4-16(32)29-20(15)34/h1-2,5-7,15,18H,3-4,8H2,(H,30,33)(H,29,32,34)/t15-,18-/m1/s1. The lowest BCUT2D eigenvalue weighted by Gasteiger charge is -2.29. The van der Waals surface area contributed by atoms with Gasteiger partial charge in [-0.15, -0.1) is 0 Å². The lowest BCUT2D eigenvalue weighted by molar-refractivity contribution is -0.155. The van der Waals surface area contributed by atoms with E-state index in [4.69, 9.17) is 11.6 Å². The number of hydrogen-bond donors (Lipinski definition) is 2. The molecule has 2 heterocycles. The lowest BCUT2D eigenvalue weighted by atomic mass is 10.0. The first-order valence-corrected chi connectivity index (χ1v) is 10.5. The molecule has 2 aliphatic rings. The van der Waals surface area contributed by atoms with Gasteiger partial charge in [0, 0.05) is 35.7 Å². The van der Waals surface area contributed by atoms with Crippen LogP contribution in [-0.4, -0.2) is 40.7 Å². The van der Waals surface area contributed by atoms with Gasteiger partial charge >= 0.3 is 6.18 Å². The largest absolute Gasteiger partial charge is 0.413 e. The van der Waals surface area contributed by atoms with Crippen LogP contribution < -0.4 is 10.6 Å². The number of rotatable bonds is 4. The van der Waals surface area contributed by atoms with Crippen molar-refractivity contribution in [3.8, 4) is 0 Å². The molecule has 2 N–H and O–H groups in total. The maximum absolute atomic E-state index is 14.2. The van der Waals surface area contributed by atoms with Gasteiger partial charge < -0.3 is 10.2 Å². The van der Waals surface area contributed by atoms with Crippen molar-refractivity contribution < 1.29 is 41.1 Å². The minimum absolute atomic E-state index is 0.0333. The summed E-state index contributed by atoms with van der Waals surface area (Å²) in [5.41, 5.74) is -0.989. The smallest absolute Gasteiger partial charge is 0.337 e. The Hall–Kier alpha value is -3.54. The highest BCUT2D eigenvalue weighted by molar-refractivity contribution is 6.31. The molecule has 0 saturated carbocycles. The minimum atomic E-state index is -5.17. The van der Waals surface area contributed by atoms with Gasteiger partial charge in [-0.1, -0.05) is 11.6 Å². The third-order valence-electron chi connectivity index (χ3n) is 5.72. The molecule has 2 aromatic carbocycles. The van der Waals surface area contributed by atoms with Gasteiger partial charge in [-0.05, 0) is 36.2 Å². The first kappa shape index (κ1) is 24.6. The van der Waals surface area contributed by atoms with Crippen LogP contribution in [-0.2, 0) is 16.1 Å². The number of imide groups is 1. The number of alkyl halides is 3. The number of carbonyl (C=O) groups is 4. The van der Waals surface area contributed by atoms with Crippen LogP contribution in [0, 0.1) is 11.6 Å². The molecule has 2 aliphatic heterocycles. The molecule has 0 unspecified atom stereocenters. The summed E-state index contributed by atoms with van der Waals surface area (Å²) in [5, 5.41) is 2.95. The molecule has 7 nitrogen and oxygen atoms in total. The Labute approximate surface area is 199 Å². The van der Waals surface area contributed by atoms with Crippen LogP contribution in [0.25, 0.3) is 0 Å². The molecule has 0 spiro atoms. The first-order valence-electron chi connectivity index (χ1n) is 10.2. The van der Waals surface area contributed by atoms with Crippen LogP contribution in [0.5, 0.6) is 0 Å². The molecular formula is C22H15ClF5N3O4. The van der Waals surface area contributed by atoms with Gasteiger partial charge in [-0.25, -0.2) is 8.78 Å². The topological polar surface area (TPSA) is 95.6 Å². The van der Waals surface area contributed by atoms with Crippen molar-refractivity contribution in [3.05, 3.63) is 69.2 Å². The van der Waals surface area contributed by atoms with Gasteiger partial charge in [0.2, 0.25) is 11.8 Å². The van der Waals surface area contributed by atoms with Gasteiger partial charge in [0.15, 0.2) is 6.04 Å². The molecule has 4 amide bonds. The van der Waals surface area contributed by atoms with Crippen molar-refractivity contribution in [2.45, 2.75) is 37.6 Å². The van der Waals surface area contributed by atoms with Crippen LogP contribution in [0.3, 0.4) is 0 Å².